The molecule has 0 heterocycles. The van der Waals surface area contributed by atoms with E-state index in [1.807, 2.05) is 41.5 Å². The topological polar surface area (TPSA) is 0 Å². The Morgan fingerprint density at radius 2 is 1.00 bits per heavy atom. The fraction of sp³-hybridized carbons (Fsp3) is 0.333. The molecule has 0 heteroatoms. The molecule has 3 aromatic rings. The van der Waals surface area contributed by atoms with Crippen molar-refractivity contribution in [3.8, 4) is 11.1 Å². The Kier molecular flexibility index (Phi) is 11.3. The summed E-state index contributed by atoms with van der Waals surface area (Å²) in [4.78, 5) is 0. The van der Waals surface area contributed by atoms with Gasteiger partial charge in [-0.15, -0.1) is 0 Å². The second-order valence-corrected chi connectivity index (χ2v) is 4.84. The first kappa shape index (κ1) is 21.9. The smallest absolute Gasteiger partial charge is 0.0103 e. The Balaban J connectivity index is 0.000000798. The van der Waals surface area contributed by atoms with Crippen molar-refractivity contribution in [2.24, 2.45) is 0 Å². The zero-order valence-electron chi connectivity index (χ0n) is 16.8. The van der Waals surface area contributed by atoms with Crippen molar-refractivity contribution in [1.82, 2.24) is 0 Å². The first-order valence-corrected chi connectivity index (χ1v) is 9.31. The Bertz CT molecular complexity index is 691. The van der Waals surface area contributed by atoms with E-state index in [1.165, 1.54) is 33.0 Å². The first-order chi connectivity index (χ1) is 11.8. The largest absolute Gasteiger partial charge is 0.0683 e. The molecule has 0 aliphatic heterocycles. The molecular formula is C24H34. The molecule has 3 aromatic carbocycles. The molecule has 0 aliphatic rings. The molecule has 0 spiro atoms. The number of aryl methyl sites for hydroxylation is 2. The molecule has 0 radical (unpaired) electrons. The van der Waals surface area contributed by atoms with Crippen molar-refractivity contribution in [2.75, 3.05) is 0 Å². The molecule has 0 aliphatic carbocycles. The molecule has 0 saturated heterocycles. The van der Waals surface area contributed by atoms with Crippen LogP contribution in [0.1, 0.15) is 52.7 Å². The van der Waals surface area contributed by atoms with Gasteiger partial charge in [-0.05, 0) is 41.3 Å². The molecule has 0 atom stereocenters. The van der Waals surface area contributed by atoms with Gasteiger partial charge in [0.25, 0.3) is 0 Å². The summed E-state index contributed by atoms with van der Waals surface area (Å²) >= 11 is 0. The lowest BCUT2D eigenvalue weighted by atomic mass is 9.96. The Labute approximate surface area is 149 Å². The van der Waals surface area contributed by atoms with Crippen molar-refractivity contribution in [3.63, 3.8) is 0 Å². The van der Waals surface area contributed by atoms with E-state index in [9.17, 15) is 0 Å². The van der Waals surface area contributed by atoms with Gasteiger partial charge in [-0.2, -0.15) is 0 Å². The molecule has 0 fully saturated rings. The highest BCUT2D eigenvalue weighted by Crippen LogP contribution is 2.30. The molecule has 0 unspecified atom stereocenters. The van der Waals surface area contributed by atoms with Crippen molar-refractivity contribution in [2.45, 2.75) is 55.4 Å². The molecule has 0 saturated carbocycles. The molecule has 0 bridgehead atoms. The van der Waals surface area contributed by atoms with Gasteiger partial charge in [-0.25, -0.2) is 0 Å². The zero-order valence-corrected chi connectivity index (χ0v) is 16.8. The zero-order chi connectivity index (χ0) is 18.5. The normalized spacial score (nSPS) is 8.83. The fourth-order valence-corrected chi connectivity index (χ4v) is 2.45. The summed E-state index contributed by atoms with van der Waals surface area (Å²) in [6.07, 6.45) is 0. The molecule has 130 valence electrons. The van der Waals surface area contributed by atoms with Crippen LogP contribution in [0.25, 0.3) is 21.9 Å². The van der Waals surface area contributed by atoms with Crippen LogP contribution in [0, 0.1) is 13.8 Å². The highest BCUT2D eigenvalue weighted by molar-refractivity contribution is 5.98. The Morgan fingerprint density at radius 1 is 0.500 bits per heavy atom. The van der Waals surface area contributed by atoms with Crippen LogP contribution in [-0.2, 0) is 0 Å². The van der Waals surface area contributed by atoms with E-state index in [-0.39, 0.29) is 0 Å². The summed E-state index contributed by atoms with van der Waals surface area (Å²) < 4.78 is 0. The average Bonchev–Trinajstić information content (AvgIpc) is 2.67. The van der Waals surface area contributed by atoms with Gasteiger partial charge in [0.15, 0.2) is 0 Å². The number of benzene rings is 3. The van der Waals surface area contributed by atoms with Crippen molar-refractivity contribution >= 4 is 10.8 Å². The third-order valence-electron chi connectivity index (χ3n) is 3.50. The van der Waals surface area contributed by atoms with Crippen molar-refractivity contribution in [1.29, 1.82) is 0 Å². The number of hydrogen-bond acceptors (Lipinski definition) is 0. The number of hydrogen-bond donors (Lipinski definition) is 0. The predicted octanol–water partition coefficient (Wildman–Crippen LogP) is 8.20. The average molecular weight is 323 g/mol. The minimum absolute atomic E-state index is 1.29. The molecular weight excluding hydrogens is 288 g/mol. The predicted molar refractivity (Wildman–Crippen MR) is 113 cm³/mol. The third kappa shape index (κ3) is 5.53. The summed E-state index contributed by atoms with van der Waals surface area (Å²) in [6.45, 7) is 16.3. The first-order valence-electron chi connectivity index (χ1n) is 9.31. The second-order valence-electron chi connectivity index (χ2n) is 4.84. The van der Waals surface area contributed by atoms with Gasteiger partial charge in [0, 0.05) is 0 Å². The standard InChI is InChI=1S/C18H16.3C2H6/c1-13-9-11-15(12-10-13)17-7-4-6-16-14(2)5-3-8-18(16)17;3*1-2/h3-12H,1-2H3;3*1-2H3. The van der Waals surface area contributed by atoms with E-state index in [2.05, 4.69) is 74.5 Å². The Morgan fingerprint density at radius 3 is 1.58 bits per heavy atom. The fourth-order valence-electron chi connectivity index (χ4n) is 2.45. The van der Waals surface area contributed by atoms with Crippen molar-refractivity contribution < 1.29 is 0 Å². The molecule has 0 aromatic heterocycles. The van der Waals surface area contributed by atoms with Crippen LogP contribution < -0.4 is 0 Å². The quantitative estimate of drug-likeness (QED) is 0.423. The van der Waals surface area contributed by atoms with Crippen LogP contribution in [0.2, 0.25) is 0 Å². The van der Waals surface area contributed by atoms with E-state index >= 15 is 0 Å². The highest BCUT2D eigenvalue weighted by Gasteiger charge is 2.04. The van der Waals surface area contributed by atoms with Gasteiger partial charge in [-0.1, -0.05) is 108 Å². The summed E-state index contributed by atoms with van der Waals surface area (Å²) in [7, 11) is 0. The SMILES string of the molecule is CC.CC.CC.Cc1ccc(-c2cccc3c(C)cccc23)cc1. The van der Waals surface area contributed by atoms with Crippen LogP contribution >= 0.6 is 0 Å². The lowest BCUT2D eigenvalue weighted by Crippen LogP contribution is -1.84. The van der Waals surface area contributed by atoms with Crippen LogP contribution in [0.15, 0.2) is 60.7 Å². The number of rotatable bonds is 1. The maximum Gasteiger partial charge on any atom is -0.0103 e. The van der Waals surface area contributed by atoms with Crippen LogP contribution in [0.5, 0.6) is 0 Å². The van der Waals surface area contributed by atoms with Gasteiger partial charge in [-0.3, -0.25) is 0 Å². The van der Waals surface area contributed by atoms with Crippen LogP contribution in [0.4, 0.5) is 0 Å². The van der Waals surface area contributed by atoms with Gasteiger partial charge in [0.05, 0.1) is 0 Å². The summed E-state index contributed by atoms with van der Waals surface area (Å²) in [5.74, 6) is 0. The van der Waals surface area contributed by atoms with E-state index in [4.69, 9.17) is 0 Å². The molecule has 24 heavy (non-hydrogen) atoms. The monoisotopic (exact) mass is 322 g/mol. The summed E-state index contributed by atoms with van der Waals surface area (Å²) in [5, 5.41) is 2.68. The van der Waals surface area contributed by atoms with Gasteiger partial charge >= 0.3 is 0 Å². The van der Waals surface area contributed by atoms with Crippen molar-refractivity contribution in [3.05, 3.63) is 71.8 Å². The van der Waals surface area contributed by atoms with Gasteiger partial charge < -0.3 is 0 Å². The maximum atomic E-state index is 2.21. The molecule has 0 amide bonds. The second kappa shape index (κ2) is 12.4. The number of fused-ring (bicyclic) bond motifs is 1. The van der Waals surface area contributed by atoms with E-state index in [0.29, 0.717) is 0 Å². The third-order valence-corrected chi connectivity index (χ3v) is 3.50. The highest BCUT2D eigenvalue weighted by atomic mass is 14.1. The lowest BCUT2D eigenvalue weighted by molar-refractivity contribution is 1.47. The molecule has 0 nitrogen and oxygen atoms in total. The maximum absolute atomic E-state index is 2.21. The Hall–Kier alpha value is -2.08. The van der Waals surface area contributed by atoms with E-state index in [0.717, 1.165) is 0 Å². The minimum Gasteiger partial charge on any atom is -0.0683 e. The van der Waals surface area contributed by atoms with Crippen LogP contribution in [0.3, 0.4) is 0 Å². The van der Waals surface area contributed by atoms with Gasteiger partial charge in [0.2, 0.25) is 0 Å². The lowest BCUT2D eigenvalue weighted by Gasteiger charge is -2.09. The molecule has 0 N–H and O–H groups in total. The van der Waals surface area contributed by atoms with E-state index in [1.54, 1.807) is 0 Å². The van der Waals surface area contributed by atoms with E-state index < -0.39 is 0 Å². The van der Waals surface area contributed by atoms with Crippen LogP contribution in [-0.4, -0.2) is 0 Å². The molecule has 3 rings (SSSR count). The summed E-state index contributed by atoms with van der Waals surface area (Å²) in [5.41, 5.74) is 5.24. The minimum atomic E-state index is 1.29. The van der Waals surface area contributed by atoms with Gasteiger partial charge in [0.1, 0.15) is 0 Å². The summed E-state index contributed by atoms with van der Waals surface area (Å²) in [6, 6.07) is 21.8.